The quantitative estimate of drug-likeness (QED) is 0.650. The lowest BCUT2D eigenvalue weighted by Gasteiger charge is -2.31. The zero-order chi connectivity index (χ0) is 23.3. The third-order valence-corrected chi connectivity index (χ3v) is 7.92. The first-order valence-corrected chi connectivity index (χ1v) is 12.3. The number of hydrogen-bond donors (Lipinski definition) is 1. The van der Waals surface area contributed by atoms with Crippen LogP contribution >= 0.6 is 0 Å². The first kappa shape index (κ1) is 24.1. The van der Waals surface area contributed by atoms with E-state index in [2.05, 4.69) is 5.32 Å². The molecule has 1 fully saturated rings. The molecule has 3 rings (SSSR count). The number of amides is 1. The van der Waals surface area contributed by atoms with Crippen molar-refractivity contribution in [3.05, 3.63) is 53.6 Å². The maximum atomic E-state index is 13.1. The standard InChI is InChI=1S/C24H32N2O5S/c1-5-21(18-8-6-17(2)7-9-18)25-24(27)19-12-14-26(15-13-19)32(28,29)20-10-11-22(30-3)23(16-20)31-4/h6-11,16,19,21H,5,12-15H2,1-4H3,(H,25,27). The molecule has 2 aromatic rings. The molecule has 0 aromatic heterocycles. The Hall–Kier alpha value is -2.58. The summed E-state index contributed by atoms with van der Waals surface area (Å²) in [7, 11) is -0.703. The summed E-state index contributed by atoms with van der Waals surface area (Å²) in [5, 5.41) is 3.15. The van der Waals surface area contributed by atoms with Gasteiger partial charge in [-0.3, -0.25) is 4.79 Å². The number of sulfonamides is 1. The zero-order valence-electron chi connectivity index (χ0n) is 19.1. The predicted octanol–water partition coefficient (Wildman–Crippen LogP) is 3.68. The Morgan fingerprint density at radius 3 is 2.25 bits per heavy atom. The van der Waals surface area contributed by atoms with Crippen molar-refractivity contribution in [2.24, 2.45) is 5.92 Å². The van der Waals surface area contributed by atoms with Crippen molar-refractivity contribution in [3.8, 4) is 11.5 Å². The highest BCUT2D eigenvalue weighted by Crippen LogP contribution is 2.32. The van der Waals surface area contributed by atoms with Crippen molar-refractivity contribution < 1.29 is 22.7 Å². The Kier molecular flexibility index (Phi) is 7.79. The number of methoxy groups -OCH3 is 2. The molecule has 0 spiro atoms. The van der Waals surface area contributed by atoms with E-state index >= 15 is 0 Å². The number of benzene rings is 2. The van der Waals surface area contributed by atoms with Gasteiger partial charge in [-0.15, -0.1) is 0 Å². The van der Waals surface area contributed by atoms with Gasteiger partial charge >= 0.3 is 0 Å². The van der Waals surface area contributed by atoms with Crippen LogP contribution in [0.3, 0.4) is 0 Å². The van der Waals surface area contributed by atoms with Gasteiger partial charge in [0.05, 0.1) is 25.2 Å². The second-order valence-corrected chi connectivity index (χ2v) is 10.0. The van der Waals surface area contributed by atoms with E-state index in [1.165, 1.54) is 36.2 Å². The highest BCUT2D eigenvalue weighted by Gasteiger charge is 2.33. The number of hydrogen-bond acceptors (Lipinski definition) is 5. The smallest absolute Gasteiger partial charge is 0.243 e. The van der Waals surface area contributed by atoms with Crippen LogP contribution in [0.15, 0.2) is 47.4 Å². The van der Waals surface area contributed by atoms with Gasteiger partial charge in [-0.2, -0.15) is 4.31 Å². The molecule has 0 aliphatic carbocycles. The maximum Gasteiger partial charge on any atom is 0.243 e. The van der Waals surface area contributed by atoms with Crippen LogP contribution in [-0.4, -0.2) is 45.9 Å². The number of nitrogens with one attached hydrogen (secondary N) is 1. The van der Waals surface area contributed by atoms with Crippen molar-refractivity contribution in [1.82, 2.24) is 9.62 Å². The van der Waals surface area contributed by atoms with E-state index in [4.69, 9.17) is 9.47 Å². The summed E-state index contributed by atoms with van der Waals surface area (Å²) in [6, 6.07) is 12.7. The molecular weight excluding hydrogens is 428 g/mol. The largest absolute Gasteiger partial charge is 0.493 e. The average Bonchev–Trinajstić information content (AvgIpc) is 2.82. The number of aryl methyl sites for hydroxylation is 1. The Balaban J connectivity index is 1.63. The summed E-state index contributed by atoms with van der Waals surface area (Å²) in [6.07, 6.45) is 1.77. The molecule has 1 saturated heterocycles. The highest BCUT2D eigenvalue weighted by atomic mass is 32.2. The van der Waals surface area contributed by atoms with E-state index in [9.17, 15) is 13.2 Å². The van der Waals surface area contributed by atoms with Crippen LogP contribution in [0.1, 0.15) is 43.4 Å². The van der Waals surface area contributed by atoms with Crippen molar-refractivity contribution in [2.75, 3.05) is 27.3 Å². The molecule has 8 heteroatoms. The molecule has 1 N–H and O–H groups in total. The van der Waals surface area contributed by atoms with Gasteiger partial charge in [0.1, 0.15) is 0 Å². The number of ether oxygens (including phenoxy) is 2. The van der Waals surface area contributed by atoms with Gasteiger partial charge in [-0.1, -0.05) is 36.8 Å². The fourth-order valence-corrected chi connectivity index (χ4v) is 5.48. The van der Waals surface area contributed by atoms with Crippen molar-refractivity contribution in [2.45, 2.75) is 44.0 Å². The first-order chi connectivity index (χ1) is 15.3. The summed E-state index contributed by atoms with van der Waals surface area (Å²) in [5.74, 6) is 0.623. The molecule has 0 saturated carbocycles. The van der Waals surface area contributed by atoms with Crippen molar-refractivity contribution >= 4 is 15.9 Å². The van der Waals surface area contributed by atoms with E-state index in [1.54, 1.807) is 6.07 Å². The van der Waals surface area contributed by atoms with Gasteiger partial charge in [0.2, 0.25) is 15.9 Å². The first-order valence-electron chi connectivity index (χ1n) is 10.9. The number of carbonyl (C=O) groups excluding carboxylic acids is 1. The third-order valence-electron chi connectivity index (χ3n) is 6.02. The lowest BCUT2D eigenvalue weighted by atomic mass is 9.95. The van der Waals surface area contributed by atoms with Gasteiger partial charge in [-0.05, 0) is 43.9 Å². The predicted molar refractivity (Wildman–Crippen MR) is 123 cm³/mol. The number of carbonyl (C=O) groups is 1. The van der Waals surface area contributed by atoms with Crippen LogP contribution in [0, 0.1) is 12.8 Å². The molecule has 1 atom stereocenters. The molecule has 32 heavy (non-hydrogen) atoms. The molecular formula is C24H32N2O5S. The minimum Gasteiger partial charge on any atom is -0.493 e. The fraction of sp³-hybridized carbons (Fsp3) is 0.458. The molecule has 1 heterocycles. The minimum absolute atomic E-state index is 0.0133. The fourth-order valence-electron chi connectivity index (χ4n) is 3.99. The Morgan fingerprint density at radius 1 is 1.06 bits per heavy atom. The minimum atomic E-state index is -3.68. The maximum absolute atomic E-state index is 13.1. The van der Waals surface area contributed by atoms with Gasteiger partial charge in [0.15, 0.2) is 11.5 Å². The molecule has 1 aliphatic rings. The molecule has 174 valence electrons. The van der Waals surface area contributed by atoms with E-state index in [1.807, 2.05) is 38.1 Å². The van der Waals surface area contributed by atoms with E-state index < -0.39 is 10.0 Å². The lowest BCUT2D eigenvalue weighted by molar-refractivity contribution is -0.126. The monoisotopic (exact) mass is 460 g/mol. The van der Waals surface area contributed by atoms with E-state index in [0.717, 1.165) is 12.0 Å². The number of nitrogens with zero attached hydrogens (tertiary/aromatic N) is 1. The highest BCUT2D eigenvalue weighted by molar-refractivity contribution is 7.89. The van der Waals surface area contributed by atoms with Gasteiger partial charge in [0, 0.05) is 25.1 Å². The van der Waals surface area contributed by atoms with Crippen LogP contribution < -0.4 is 14.8 Å². The molecule has 0 radical (unpaired) electrons. The number of rotatable bonds is 8. The summed E-state index contributed by atoms with van der Waals surface area (Å²) in [5.41, 5.74) is 2.26. The molecule has 7 nitrogen and oxygen atoms in total. The molecule has 1 aliphatic heterocycles. The van der Waals surface area contributed by atoms with Crippen LogP contribution in [0.5, 0.6) is 11.5 Å². The third kappa shape index (κ3) is 5.24. The van der Waals surface area contributed by atoms with E-state index in [-0.39, 0.29) is 22.8 Å². The number of piperidine rings is 1. The zero-order valence-corrected chi connectivity index (χ0v) is 19.9. The van der Waals surface area contributed by atoms with Gasteiger partial charge in [0.25, 0.3) is 0 Å². The Bertz CT molecular complexity index is 1030. The van der Waals surface area contributed by atoms with E-state index in [0.29, 0.717) is 37.4 Å². The van der Waals surface area contributed by atoms with Crippen molar-refractivity contribution in [1.29, 1.82) is 0 Å². The van der Waals surface area contributed by atoms with Crippen molar-refractivity contribution in [3.63, 3.8) is 0 Å². The SMILES string of the molecule is CCC(NC(=O)C1CCN(S(=O)(=O)c2ccc(OC)c(OC)c2)CC1)c1ccc(C)cc1. The van der Waals surface area contributed by atoms with Crippen LogP contribution in [0.4, 0.5) is 0 Å². The summed E-state index contributed by atoms with van der Waals surface area (Å²) in [6.45, 7) is 4.68. The molecule has 1 amide bonds. The molecule has 1 unspecified atom stereocenters. The molecule has 2 aromatic carbocycles. The molecule has 0 bridgehead atoms. The second kappa shape index (κ2) is 10.4. The summed E-state index contributed by atoms with van der Waals surface area (Å²) in [4.78, 5) is 13.0. The average molecular weight is 461 g/mol. The lowest BCUT2D eigenvalue weighted by Crippen LogP contribution is -2.43. The van der Waals surface area contributed by atoms with Crippen LogP contribution in [0.25, 0.3) is 0 Å². The van der Waals surface area contributed by atoms with Gasteiger partial charge in [-0.25, -0.2) is 8.42 Å². The van der Waals surface area contributed by atoms with Crippen LogP contribution in [-0.2, 0) is 14.8 Å². The Labute approximate surface area is 190 Å². The van der Waals surface area contributed by atoms with Gasteiger partial charge < -0.3 is 14.8 Å². The summed E-state index contributed by atoms with van der Waals surface area (Å²) >= 11 is 0. The summed E-state index contributed by atoms with van der Waals surface area (Å²) < 4.78 is 38.1. The topological polar surface area (TPSA) is 84.9 Å². The normalized spacial score (nSPS) is 16.4. The Morgan fingerprint density at radius 2 is 1.69 bits per heavy atom. The van der Waals surface area contributed by atoms with Crippen LogP contribution in [0.2, 0.25) is 0 Å². The second-order valence-electron chi connectivity index (χ2n) is 8.08.